The molecular weight excluding hydrogens is 406 g/mol. The third-order valence-electron chi connectivity index (χ3n) is 6.02. The Balaban J connectivity index is 1.51. The highest BCUT2D eigenvalue weighted by Gasteiger charge is 2.16. The summed E-state index contributed by atoms with van der Waals surface area (Å²) in [7, 11) is 2.94. The molecule has 1 heterocycles. The molecule has 1 saturated carbocycles. The number of hydrogen-bond acceptors (Lipinski definition) is 4. The van der Waals surface area contributed by atoms with Crippen molar-refractivity contribution < 1.29 is 19.1 Å². The van der Waals surface area contributed by atoms with E-state index in [4.69, 9.17) is 9.47 Å². The van der Waals surface area contributed by atoms with Gasteiger partial charge < -0.3 is 24.7 Å². The molecule has 7 nitrogen and oxygen atoms in total. The Morgan fingerprint density at radius 3 is 2.59 bits per heavy atom. The number of nitrogens with one attached hydrogen (secondary N) is 2. The van der Waals surface area contributed by atoms with Crippen LogP contribution in [0, 0.1) is 0 Å². The van der Waals surface area contributed by atoms with E-state index in [1.54, 1.807) is 19.2 Å². The van der Waals surface area contributed by atoms with Gasteiger partial charge in [-0.2, -0.15) is 0 Å². The smallest absolute Gasteiger partial charge is 0.337 e. The number of aromatic nitrogens is 1. The van der Waals surface area contributed by atoms with Crippen LogP contribution in [-0.2, 0) is 11.3 Å². The summed E-state index contributed by atoms with van der Waals surface area (Å²) in [4.78, 5) is 24.3. The SMILES string of the molecule is COC(=O)c1ccc(Cn2ccc3ccc(NC(=O)NC4CCCCC4)cc32)c(OC)c1. The summed E-state index contributed by atoms with van der Waals surface area (Å²) < 4.78 is 12.4. The third-order valence-corrected chi connectivity index (χ3v) is 6.02. The molecule has 7 heteroatoms. The molecule has 4 rings (SSSR count). The largest absolute Gasteiger partial charge is 0.496 e. The van der Waals surface area contributed by atoms with Gasteiger partial charge in [-0.25, -0.2) is 9.59 Å². The molecule has 0 radical (unpaired) electrons. The van der Waals surface area contributed by atoms with Crippen molar-refractivity contribution in [1.29, 1.82) is 0 Å². The second-order valence-electron chi connectivity index (χ2n) is 8.17. The normalized spacial score (nSPS) is 14.2. The topological polar surface area (TPSA) is 81.6 Å². The molecule has 2 aromatic carbocycles. The number of benzene rings is 2. The maximum atomic E-state index is 12.4. The highest BCUT2D eigenvalue weighted by atomic mass is 16.5. The second kappa shape index (κ2) is 9.77. The van der Waals surface area contributed by atoms with Crippen molar-refractivity contribution in [2.24, 2.45) is 0 Å². The highest BCUT2D eigenvalue weighted by Crippen LogP contribution is 2.26. The van der Waals surface area contributed by atoms with E-state index < -0.39 is 5.97 Å². The van der Waals surface area contributed by atoms with Crippen LogP contribution in [0.15, 0.2) is 48.7 Å². The van der Waals surface area contributed by atoms with Crippen molar-refractivity contribution >= 4 is 28.6 Å². The zero-order valence-electron chi connectivity index (χ0n) is 18.5. The third kappa shape index (κ3) is 4.88. The molecule has 1 fully saturated rings. The van der Waals surface area contributed by atoms with Crippen LogP contribution < -0.4 is 15.4 Å². The molecule has 2 N–H and O–H groups in total. The van der Waals surface area contributed by atoms with Crippen LogP contribution in [0.2, 0.25) is 0 Å². The molecule has 0 unspecified atom stereocenters. The maximum Gasteiger partial charge on any atom is 0.337 e. The van der Waals surface area contributed by atoms with Crippen LogP contribution in [0.25, 0.3) is 10.9 Å². The molecule has 1 aromatic heterocycles. The molecule has 0 spiro atoms. The summed E-state index contributed by atoms with van der Waals surface area (Å²) in [5.74, 6) is 0.222. The van der Waals surface area contributed by atoms with Gasteiger partial charge in [-0.1, -0.05) is 31.4 Å². The average molecular weight is 436 g/mol. The van der Waals surface area contributed by atoms with E-state index in [1.807, 2.05) is 36.5 Å². The molecule has 0 aliphatic heterocycles. The number of nitrogens with zero attached hydrogens (tertiary/aromatic N) is 1. The first-order valence-electron chi connectivity index (χ1n) is 11.0. The number of carbonyl (C=O) groups excluding carboxylic acids is 2. The monoisotopic (exact) mass is 435 g/mol. The second-order valence-corrected chi connectivity index (χ2v) is 8.17. The van der Waals surface area contributed by atoms with Crippen molar-refractivity contribution in [3.8, 4) is 5.75 Å². The van der Waals surface area contributed by atoms with E-state index in [0.29, 0.717) is 17.9 Å². The van der Waals surface area contributed by atoms with Crippen LogP contribution >= 0.6 is 0 Å². The summed E-state index contributed by atoms with van der Waals surface area (Å²) in [5.41, 5.74) is 3.13. The van der Waals surface area contributed by atoms with Gasteiger partial charge in [0.05, 0.1) is 31.8 Å². The Kier molecular flexibility index (Phi) is 6.63. The van der Waals surface area contributed by atoms with E-state index in [2.05, 4.69) is 15.2 Å². The number of anilines is 1. The number of hydrogen-bond donors (Lipinski definition) is 2. The van der Waals surface area contributed by atoms with E-state index in [0.717, 1.165) is 35.0 Å². The van der Waals surface area contributed by atoms with E-state index in [1.165, 1.54) is 26.4 Å². The predicted molar refractivity (Wildman–Crippen MR) is 124 cm³/mol. The number of esters is 1. The van der Waals surface area contributed by atoms with Gasteiger partial charge in [0.25, 0.3) is 0 Å². The lowest BCUT2D eigenvalue weighted by atomic mass is 9.96. The average Bonchev–Trinajstić information content (AvgIpc) is 3.21. The van der Waals surface area contributed by atoms with Crippen molar-refractivity contribution in [2.75, 3.05) is 19.5 Å². The van der Waals surface area contributed by atoms with Gasteiger partial charge in [0, 0.05) is 23.5 Å². The van der Waals surface area contributed by atoms with Crippen molar-refractivity contribution in [1.82, 2.24) is 9.88 Å². The van der Waals surface area contributed by atoms with Crippen LogP contribution in [0.4, 0.5) is 10.5 Å². The van der Waals surface area contributed by atoms with Gasteiger partial charge in [0.1, 0.15) is 5.75 Å². The first kappa shape index (κ1) is 21.7. The fraction of sp³-hybridized carbons (Fsp3) is 0.360. The molecule has 0 atom stereocenters. The zero-order valence-corrected chi connectivity index (χ0v) is 18.5. The van der Waals surface area contributed by atoms with Crippen molar-refractivity contribution in [3.05, 3.63) is 59.8 Å². The van der Waals surface area contributed by atoms with Gasteiger partial charge in [-0.3, -0.25) is 0 Å². The molecule has 0 saturated heterocycles. The molecular formula is C25H29N3O4. The van der Waals surface area contributed by atoms with E-state index in [-0.39, 0.29) is 12.1 Å². The lowest BCUT2D eigenvalue weighted by Gasteiger charge is -2.22. The summed E-state index contributed by atoms with van der Waals surface area (Å²) >= 11 is 0. The predicted octanol–water partition coefficient (Wildman–Crippen LogP) is 4.94. The van der Waals surface area contributed by atoms with Gasteiger partial charge in [0.2, 0.25) is 0 Å². The molecule has 2 amide bonds. The Labute approximate surface area is 187 Å². The standard InChI is InChI=1S/C25H29N3O4/c1-31-23-14-18(24(29)32-2)8-9-19(23)16-28-13-12-17-10-11-21(15-22(17)28)27-25(30)26-20-6-4-3-5-7-20/h8-15,20H,3-7,16H2,1-2H3,(H2,26,27,30). The first-order valence-corrected chi connectivity index (χ1v) is 11.0. The zero-order chi connectivity index (χ0) is 22.5. The van der Waals surface area contributed by atoms with E-state index in [9.17, 15) is 9.59 Å². The summed E-state index contributed by atoms with van der Waals surface area (Å²) in [6.07, 6.45) is 7.70. The summed E-state index contributed by atoms with van der Waals surface area (Å²) in [6, 6.07) is 13.3. The minimum atomic E-state index is -0.400. The van der Waals surface area contributed by atoms with Crippen molar-refractivity contribution in [2.45, 2.75) is 44.7 Å². The van der Waals surface area contributed by atoms with Gasteiger partial charge in [-0.05, 0) is 48.6 Å². The Morgan fingerprint density at radius 2 is 1.84 bits per heavy atom. The number of amides is 2. The number of rotatable bonds is 6. The van der Waals surface area contributed by atoms with Crippen LogP contribution in [0.5, 0.6) is 5.75 Å². The minimum absolute atomic E-state index is 0.158. The lowest BCUT2D eigenvalue weighted by Crippen LogP contribution is -2.39. The van der Waals surface area contributed by atoms with Crippen molar-refractivity contribution in [3.63, 3.8) is 0 Å². The molecule has 3 aromatic rings. The van der Waals surface area contributed by atoms with Gasteiger partial charge >= 0.3 is 12.0 Å². The number of carbonyl (C=O) groups is 2. The van der Waals surface area contributed by atoms with Crippen LogP contribution in [0.3, 0.4) is 0 Å². The Bertz CT molecular complexity index is 1120. The molecule has 1 aliphatic carbocycles. The van der Waals surface area contributed by atoms with E-state index >= 15 is 0 Å². The molecule has 32 heavy (non-hydrogen) atoms. The molecule has 0 bridgehead atoms. The minimum Gasteiger partial charge on any atom is -0.496 e. The number of fused-ring (bicyclic) bond motifs is 1. The van der Waals surface area contributed by atoms with Crippen LogP contribution in [0.1, 0.15) is 48.0 Å². The lowest BCUT2D eigenvalue weighted by molar-refractivity contribution is 0.0600. The maximum absolute atomic E-state index is 12.4. The molecule has 168 valence electrons. The number of methoxy groups -OCH3 is 2. The summed E-state index contributed by atoms with van der Waals surface area (Å²) in [6.45, 7) is 0.561. The fourth-order valence-electron chi connectivity index (χ4n) is 4.30. The molecule has 1 aliphatic rings. The van der Waals surface area contributed by atoms with Gasteiger partial charge in [0.15, 0.2) is 0 Å². The highest BCUT2D eigenvalue weighted by molar-refractivity contribution is 5.93. The van der Waals surface area contributed by atoms with Crippen LogP contribution in [-0.4, -0.2) is 36.8 Å². The quantitative estimate of drug-likeness (QED) is 0.538. The fourth-order valence-corrected chi connectivity index (χ4v) is 4.30. The number of urea groups is 1. The summed E-state index contributed by atoms with van der Waals surface area (Å²) in [5, 5.41) is 7.14. The Morgan fingerprint density at radius 1 is 1.03 bits per heavy atom. The Hall–Kier alpha value is -3.48. The number of ether oxygens (including phenoxy) is 2. The van der Waals surface area contributed by atoms with Gasteiger partial charge in [-0.15, -0.1) is 0 Å². The first-order chi connectivity index (χ1) is 15.6.